The van der Waals surface area contributed by atoms with Gasteiger partial charge in [-0.15, -0.1) is 24.0 Å². The minimum Gasteiger partial charge on any atom is -0.444 e. The number of sulfone groups is 1. The SMILES string of the molecule is CCS(=O)(=O)CCNC(=NC)N1CCC(N(CC2CC2)C(=O)OC(C)(C)C)CC1.I. The van der Waals surface area contributed by atoms with Gasteiger partial charge in [0.2, 0.25) is 0 Å². The Kier molecular flexibility index (Phi) is 10.7. The van der Waals surface area contributed by atoms with Crippen LogP contribution in [0.1, 0.15) is 53.4 Å². The highest BCUT2D eigenvalue weighted by atomic mass is 127. The molecule has 0 atom stereocenters. The van der Waals surface area contributed by atoms with Gasteiger partial charge >= 0.3 is 6.09 Å². The van der Waals surface area contributed by atoms with Crippen molar-refractivity contribution in [1.82, 2.24) is 15.1 Å². The molecule has 1 aliphatic heterocycles. The molecule has 0 aromatic carbocycles. The molecule has 0 unspecified atom stereocenters. The van der Waals surface area contributed by atoms with E-state index in [4.69, 9.17) is 4.74 Å². The highest BCUT2D eigenvalue weighted by molar-refractivity contribution is 14.0. The van der Waals surface area contributed by atoms with E-state index in [0.29, 0.717) is 12.5 Å². The van der Waals surface area contributed by atoms with E-state index in [1.807, 2.05) is 25.7 Å². The standard InChI is InChI=1S/C20H38N4O4S.HI/c1-6-29(26,27)14-11-22-18(21-5)23-12-9-17(10-13-23)24(15-16-7-8-16)19(25)28-20(2,3)4;/h16-17H,6-15H2,1-5H3,(H,21,22);1H. The molecular weight excluding hydrogens is 519 g/mol. The predicted octanol–water partition coefficient (Wildman–Crippen LogP) is 2.73. The van der Waals surface area contributed by atoms with Crippen LogP contribution in [0.15, 0.2) is 4.99 Å². The Balaban J connectivity index is 0.00000450. The first-order valence-corrected chi connectivity index (χ1v) is 12.5. The molecule has 1 aliphatic carbocycles. The van der Waals surface area contributed by atoms with Gasteiger partial charge in [-0.25, -0.2) is 13.2 Å². The average molecular weight is 559 g/mol. The third-order valence-electron chi connectivity index (χ3n) is 5.33. The number of nitrogens with one attached hydrogen (secondary N) is 1. The van der Waals surface area contributed by atoms with E-state index in [0.717, 1.165) is 38.4 Å². The van der Waals surface area contributed by atoms with Crippen molar-refractivity contribution in [1.29, 1.82) is 0 Å². The third-order valence-corrected chi connectivity index (χ3v) is 7.04. The first kappa shape index (κ1) is 27.3. The lowest BCUT2D eigenvalue weighted by Crippen LogP contribution is -2.53. The molecule has 0 radical (unpaired) electrons. The van der Waals surface area contributed by atoms with Crippen molar-refractivity contribution >= 4 is 45.9 Å². The molecule has 2 aliphatic rings. The van der Waals surface area contributed by atoms with E-state index in [9.17, 15) is 13.2 Å². The number of halogens is 1. The van der Waals surface area contributed by atoms with E-state index in [1.54, 1.807) is 14.0 Å². The van der Waals surface area contributed by atoms with Crippen LogP contribution in [0.2, 0.25) is 0 Å². The normalized spacial score (nSPS) is 18.6. The van der Waals surface area contributed by atoms with E-state index in [1.165, 1.54) is 12.8 Å². The molecule has 2 fully saturated rings. The number of guanidine groups is 1. The maximum absolute atomic E-state index is 12.8. The molecule has 0 bridgehead atoms. The van der Waals surface area contributed by atoms with Crippen molar-refractivity contribution in [2.75, 3.05) is 44.7 Å². The second kappa shape index (κ2) is 11.7. The molecule has 1 saturated carbocycles. The summed E-state index contributed by atoms with van der Waals surface area (Å²) in [6.45, 7) is 10.0. The van der Waals surface area contributed by atoms with Crippen LogP contribution in [0.3, 0.4) is 0 Å². The fourth-order valence-corrected chi connectivity index (χ4v) is 4.16. The number of rotatable bonds is 7. The van der Waals surface area contributed by atoms with E-state index >= 15 is 0 Å². The molecule has 10 heteroatoms. The fourth-order valence-electron chi connectivity index (χ4n) is 3.46. The van der Waals surface area contributed by atoms with Gasteiger partial charge in [0.05, 0.1) is 5.75 Å². The van der Waals surface area contributed by atoms with Gasteiger partial charge in [-0.2, -0.15) is 0 Å². The molecule has 2 rings (SSSR count). The van der Waals surface area contributed by atoms with Gasteiger partial charge in [-0.1, -0.05) is 6.92 Å². The Labute approximate surface area is 199 Å². The number of aliphatic imine (C=N–C) groups is 1. The van der Waals surface area contributed by atoms with Crippen molar-refractivity contribution in [3.05, 3.63) is 0 Å². The van der Waals surface area contributed by atoms with Crippen LogP contribution in [0, 0.1) is 5.92 Å². The number of amides is 1. The summed E-state index contributed by atoms with van der Waals surface area (Å²) in [6, 6.07) is 0.167. The van der Waals surface area contributed by atoms with Crippen LogP contribution in [0.4, 0.5) is 4.79 Å². The summed E-state index contributed by atoms with van der Waals surface area (Å²) in [5.74, 6) is 1.59. The van der Waals surface area contributed by atoms with Crippen LogP contribution < -0.4 is 5.32 Å². The Hall–Kier alpha value is -0.780. The predicted molar refractivity (Wildman–Crippen MR) is 131 cm³/mol. The van der Waals surface area contributed by atoms with Crippen LogP contribution in [0.25, 0.3) is 0 Å². The monoisotopic (exact) mass is 558 g/mol. The quantitative estimate of drug-likeness (QED) is 0.294. The zero-order chi connectivity index (χ0) is 21.7. The molecule has 0 aromatic heterocycles. The van der Waals surface area contributed by atoms with Crippen molar-refractivity contribution in [2.45, 2.75) is 65.0 Å². The summed E-state index contributed by atoms with van der Waals surface area (Å²) in [4.78, 5) is 21.1. The molecule has 1 saturated heterocycles. The van der Waals surface area contributed by atoms with Gasteiger partial charge in [0.1, 0.15) is 5.60 Å². The van der Waals surface area contributed by atoms with E-state index in [-0.39, 0.29) is 47.6 Å². The van der Waals surface area contributed by atoms with E-state index < -0.39 is 15.4 Å². The lowest BCUT2D eigenvalue weighted by Gasteiger charge is -2.40. The first-order valence-electron chi connectivity index (χ1n) is 10.7. The summed E-state index contributed by atoms with van der Waals surface area (Å²) in [7, 11) is -1.29. The number of hydrogen-bond acceptors (Lipinski definition) is 5. The minimum atomic E-state index is -3.00. The molecule has 1 heterocycles. The zero-order valence-electron chi connectivity index (χ0n) is 19.0. The lowest BCUT2D eigenvalue weighted by atomic mass is 10.0. The summed E-state index contributed by atoms with van der Waals surface area (Å²) < 4.78 is 29.0. The number of likely N-dealkylation sites (tertiary alicyclic amines) is 1. The Morgan fingerprint density at radius 1 is 1.20 bits per heavy atom. The van der Waals surface area contributed by atoms with Crippen molar-refractivity contribution < 1.29 is 17.9 Å². The number of carbonyl (C=O) groups excluding carboxylic acids is 1. The van der Waals surface area contributed by atoms with Crippen LogP contribution in [-0.4, -0.2) is 86.6 Å². The maximum Gasteiger partial charge on any atom is 0.410 e. The summed E-state index contributed by atoms with van der Waals surface area (Å²) >= 11 is 0. The number of piperidine rings is 1. The molecule has 1 N–H and O–H groups in total. The second-order valence-corrected chi connectivity index (χ2v) is 11.5. The third kappa shape index (κ3) is 9.15. The minimum absolute atomic E-state index is 0. The molecular formula is C20H39IN4O4S. The highest BCUT2D eigenvalue weighted by Crippen LogP contribution is 2.32. The number of ether oxygens (including phenoxy) is 1. The van der Waals surface area contributed by atoms with Crippen LogP contribution >= 0.6 is 24.0 Å². The second-order valence-electron chi connectivity index (χ2n) is 9.00. The van der Waals surface area contributed by atoms with Gasteiger partial charge in [-0.3, -0.25) is 4.99 Å². The van der Waals surface area contributed by atoms with Crippen molar-refractivity contribution in [3.8, 4) is 0 Å². The van der Waals surface area contributed by atoms with Gasteiger partial charge in [0, 0.05) is 45.0 Å². The summed E-state index contributed by atoms with van der Waals surface area (Å²) in [5, 5.41) is 3.16. The first-order chi connectivity index (χ1) is 13.5. The number of carbonyl (C=O) groups is 1. The van der Waals surface area contributed by atoms with Gasteiger partial charge < -0.3 is 19.9 Å². The topological polar surface area (TPSA) is 91.3 Å². The number of hydrogen-bond donors (Lipinski definition) is 1. The van der Waals surface area contributed by atoms with Crippen molar-refractivity contribution in [2.24, 2.45) is 10.9 Å². The van der Waals surface area contributed by atoms with Gasteiger partial charge in [0.25, 0.3) is 0 Å². The lowest BCUT2D eigenvalue weighted by molar-refractivity contribution is 0.00929. The largest absolute Gasteiger partial charge is 0.444 e. The number of nitrogens with zero attached hydrogens (tertiary/aromatic N) is 3. The molecule has 176 valence electrons. The highest BCUT2D eigenvalue weighted by Gasteiger charge is 2.35. The smallest absolute Gasteiger partial charge is 0.410 e. The molecule has 30 heavy (non-hydrogen) atoms. The molecule has 8 nitrogen and oxygen atoms in total. The van der Waals surface area contributed by atoms with Crippen LogP contribution in [-0.2, 0) is 14.6 Å². The van der Waals surface area contributed by atoms with Gasteiger partial charge in [-0.05, 0) is 52.4 Å². The average Bonchev–Trinajstić information content (AvgIpc) is 3.46. The fraction of sp³-hybridized carbons (Fsp3) is 0.900. The van der Waals surface area contributed by atoms with Gasteiger partial charge in [0.15, 0.2) is 15.8 Å². The Morgan fingerprint density at radius 2 is 1.80 bits per heavy atom. The summed E-state index contributed by atoms with van der Waals surface area (Å²) in [5.41, 5.74) is -0.496. The Morgan fingerprint density at radius 3 is 2.27 bits per heavy atom. The van der Waals surface area contributed by atoms with E-state index in [2.05, 4.69) is 15.2 Å². The molecule has 1 amide bonds. The molecule has 0 spiro atoms. The zero-order valence-corrected chi connectivity index (χ0v) is 22.2. The van der Waals surface area contributed by atoms with Crippen LogP contribution in [0.5, 0.6) is 0 Å². The molecule has 0 aromatic rings. The van der Waals surface area contributed by atoms with Crippen molar-refractivity contribution in [3.63, 3.8) is 0 Å². The Bertz CT molecular complexity index is 681. The summed E-state index contributed by atoms with van der Waals surface area (Å²) in [6.07, 6.45) is 3.86. The maximum atomic E-state index is 12.8.